The van der Waals surface area contributed by atoms with Crippen LogP contribution in [0, 0.1) is 0 Å². The second-order valence-electron chi connectivity index (χ2n) is 6.99. The molecule has 0 aromatic heterocycles. The largest absolute Gasteiger partial charge is 0.396 e. The van der Waals surface area contributed by atoms with Crippen molar-refractivity contribution in [3.05, 3.63) is 83.4 Å². The van der Waals surface area contributed by atoms with Gasteiger partial charge >= 0.3 is 0 Å². The number of nitrogens with one attached hydrogen (secondary N) is 2. The lowest BCUT2D eigenvalue weighted by molar-refractivity contribution is -0.116. The molecule has 1 aliphatic heterocycles. The Morgan fingerprint density at radius 3 is 2.74 bits per heavy atom. The molecule has 3 N–H and O–H groups in total. The average Bonchev–Trinajstić information content (AvgIpc) is 3.47. The van der Waals surface area contributed by atoms with E-state index in [4.69, 9.17) is 5.11 Å². The second-order valence-corrected chi connectivity index (χ2v) is 6.99. The molecular weight excluding hydrogens is 338 g/mol. The van der Waals surface area contributed by atoms with Crippen LogP contribution in [0.5, 0.6) is 0 Å². The molecule has 3 rings (SSSR count). The van der Waals surface area contributed by atoms with Gasteiger partial charge in [0.15, 0.2) is 0 Å². The average molecular weight is 365 g/mol. The molecule has 0 bridgehead atoms. The normalized spacial score (nSPS) is 16.5. The van der Waals surface area contributed by atoms with Crippen molar-refractivity contribution < 1.29 is 9.90 Å². The number of aliphatic hydroxyl groups is 1. The van der Waals surface area contributed by atoms with Gasteiger partial charge in [0.05, 0.1) is 5.57 Å². The van der Waals surface area contributed by atoms with Crippen LogP contribution in [0.3, 0.4) is 0 Å². The van der Waals surface area contributed by atoms with E-state index in [1.54, 1.807) is 7.05 Å². The highest BCUT2D eigenvalue weighted by atomic mass is 16.3. The number of benzene rings is 1. The van der Waals surface area contributed by atoms with Crippen molar-refractivity contribution in [2.45, 2.75) is 31.8 Å². The van der Waals surface area contributed by atoms with Crippen LogP contribution in [0.2, 0.25) is 0 Å². The number of aliphatic hydroxyl groups excluding tert-OH is 1. The summed E-state index contributed by atoms with van der Waals surface area (Å²) in [7, 11) is 1.62. The molecule has 2 aliphatic rings. The first-order chi connectivity index (χ1) is 13.0. The minimum atomic E-state index is -0.163. The van der Waals surface area contributed by atoms with Gasteiger partial charge in [0.2, 0.25) is 0 Å². The van der Waals surface area contributed by atoms with E-state index in [0.717, 1.165) is 35.2 Å². The van der Waals surface area contributed by atoms with Gasteiger partial charge in [-0.1, -0.05) is 37.4 Å². The lowest BCUT2D eigenvalue weighted by atomic mass is 10.0. The molecule has 1 amide bonds. The quantitative estimate of drug-likeness (QED) is 0.662. The Balaban J connectivity index is 1.85. The summed E-state index contributed by atoms with van der Waals surface area (Å²) in [6.45, 7) is 8.99. The van der Waals surface area contributed by atoms with E-state index < -0.39 is 0 Å². The Hall–Kier alpha value is -2.79. The molecule has 1 fully saturated rings. The summed E-state index contributed by atoms with van der Waals surface area (Å²) in [4.78, 5) is 14.3. The molecule has 0 saturated heterocycles. The van der Waals surface area contributed by atoms with E-state index in [1.165, 1.54) is 0 Å². The van der Waals surface area contributed by atoms with E-state index >= 15 is 0 Å². The molecule has 0 radical (unpaired) electrons. The third-order valence-electron chi connectivity index (χ3n) is 4.77. The molecule has 1 aromatic carbocycles. The Bertz CT molecular complexity index is 819. The fourth-order valence-electron chi connectivity index (χ4n) is 3.08. The minimum Gasteiger partial charge on any atom is -0.396 e. The van der Waals surface area contributed by atoms with E-state index in [9.17, 15) is 4.79 Å². The van der Waals surface area contributed by atoms with Gasteiger partial charge in [-0.2, -0.15) is 0 Å². The third kappa shape index (κ3) is 4.68. The van der Waals surface area contributed by atoms with Gasteiger partial charge in [0.25, 0.3) is 5.91 Å². The van der Waals surface area contributed by atoms with Crippen LogP contribution in [0.4, 0.5) is 0 Å². The minimum absolute atomic E-state index is 0.125. The second kappa shape index (κ2) is 8.27. The number of carbonyl (C=O) groups excluding carboxylic acids is 1. The highest BCUT2D eigenvalue weighted by molar-refractivity contribution is 5.98. The number of allylic oxidation sites excluding steroid dienone is 1. The Morgan fingerprint density at radius 2 is 2.07 bits per heavy atom. The van der Waals surface area contributed by atoms with Crippen molar-refractivity contribution in [2.75, 3.05) is 13.7 Å². The van der Waals surface area contributed by atoms with Gasteiger partial charge in [-0.05, 0) is 36.5 Å². The maximum absolute atomic E-state index is 12.3. The topological polar surface area (TPSA) is 64.6 Å². The predicted molar refractivity (Wildman–Crippen MR) is 107 cm³/mol. The zero-order valence-electron chi connectivity index (χ0n) is 15.8. The fraction of sp³-hybridized carbons (Fsp3) is 0.318. The Kier molecular flexibility index (Phi) is 5.81. The van der Waals surface area contributed by atoms with Crippen LogP contribution in [0.25, 0.3) is 0 Å². The number of nitrogens with zero attached hydrogens (tertiary/aromatic N) is 1. The number of rotatable bonds is 8. The van der Waals surface area contributed by atoms with E-state index in [1.807, 2.05) is 35.4 Å². The van der Waals surface area contributed by atoms with Gasteiger partial charge in [-0.15, -0.1) is 0 Å². The molecule has 1 aliphatic carbocycles. The maximum Gasteiger partial charge on any atom is 0.253 e. The highest BCUT2D eigenvalue weighted by Gasteiger charge is 2.26. The zero-order chi connectivity index (χ0) is 19.4. The highest BCUT2D eigenvalue weighted by Crippen LogP contribution is 2.29. The molecular formula is C22H27N3O2. The van der Waals surface area contributed by atoms with Crippen molar-refractivity contribution >= 4 is 5.91 Å². The fourth-order valence-corrected chi connectivity index (χ4v) is 3.08. The SMILES string of the molecule is C=C(NC1CC1)C1=CN(Cc2cccc(CCO)c2)C(=C)C(C(=O)NC)=C1. The zero-order valence-corrected chi connectivity index (χ0v) is 15.8. The number of likely N-dealkylation sites (N-methyl/N-ethyl adjacent to an activating group) is 1. The molecule has 1 saturated carbocycles. The molecule has 27 heavy (non-hydrogen) atoms. The van der Waals surface area contributed by atoms with E-state index in [2.05, 4.69) is 29.9 Å². The van der Waals surface area contributed by atoms with Gasteiger partial charge in [0.1, 0.15) is 0 Å². The summed E-state index contributed by atoms with van der Waals surface area (Å²) in [5.74, 6) is -0.163. The molecule has 0 unspecified atom stereocenters. The van der Waals surface area contributed by atoms with Crippen LogP contribution in [-0.4, -0.2) is 35.6 Å². The number of amides is 1. The molecule has 142 valence electrons. The van der Waals surface area contributed by atoms with Gasteiger partial charge in [-0.3, -0.25) is 4.79 Å². The summed E-state index contributed by atoms with van der Waals surface area (Å²) in [5.41, 5.74) is 5.09. The first kappa shape index (κ1) is 19.0. The van der Waals surface area contributed by atoms with Gasteiger partial charge in [0, 0.05) is 49.4 Å². The maximum atomic E-state index is 12.3. The summed E-state index contributed by atoms with van der Waals surface area (Å²) < 4.78 is 0. The van der Waals surface area contributed by atoms with Crippen molar-refractivity contribution in [3.63, 3.8) is 0 Å². The standard InChI is InChI=1S/C22H27N3O2/c1-15(24-20-7-8-20)19-12-21(22(27)23-3)16(2)25(14-19)13-18-6-4-5-17(11-18)9-10-26/h4-6,11-12,14,20,24,26H,1-2,7-10,13H2,3H3,(H,23,27). The van der Waals surface area contributed by atoms with E-state index in [0.29, 0.717) is 30.3 Å². The summed E-state index contributed by atoms with van der Waals surface area (Å²) >= 11 is 0. The Labute approximate surface area is 160 Å². The predicted octanol–water partition coefficient (Wildman–Crippen LogP) is 2.37. The first-order valence-electron chi connectivity index (χ1n) is 9.28. The smallest absolute Gasteiger partial charge is 0.253 e. The van der Waals surface area contributed by atoms with Crippen molar-refractivity contribution in [1.29, 1.82) is 0 Å². The summed E-state index contributed by atoms with van der Waals surface area (Å²) in [6.07, 6.45) is 6.78. The summed E-state index contributed by atoms with van der Waals surface area (Å²) in [5, 5.41) is 15.3. The number of hydrogen-bond acceptors (Lipinski definition) is 4. The van der Waals surface area contributed by atoms with E-state index in [-0.39, 0.29) is 12.5 Å². The number of hydrogen-bond donors (Lipinski definition) is 3. The van der Waals surface area contributed by atoms with Gasteiger partial charge < -0.3 is 20.6 Å². The first-order valence-corrected chi connectivity index (χ1v) is 9.28. The van der Waals surface area contributed by atoms with Crippen molar-refractivity contribution in [3.8, 4) is 0 Å². The van der Waals surface area contributed by atoms with Gasteiger partial charge in [-0.25, -0.2) is 0 Å². The number of carbonyl (C=O) groups is 1. The van der Waals surface area contributed by atoms with Crippen LogP contribution in [0.15, 0.2) is 72.2 Å². The van der Waals surface area contributed by atoms with Crippen molar-refractivity contribution in [1.82, 2.24) is 15.5 Å². The monoisotopic (exact) mass is 365 g/mol. The van der Waals surface area contributed by atoms with Crippen LogP contribution >= 0.6 is 0 Å². The molecule has 1 aromatic rings. The lowest BCUT2D eigenvalue weighted by Crippen LogP contribution is -2.30. The summed E-state index contributed by atoms with van der Waals surface area (Å²) in [6, 6.07) is 8.59. The molecule has 0 spiro atoms. The van der Waals surface area contributed by atoms with Crippen molar-refractivity contribution in [2.24, 2.45) is 0 Å². The molecule has 5 nitrogen and oxygen atoms in total. The van der Waals surface area contributed by atoms with Crippen LogP contribution < -0.4 is 10.6 Å². The van der Waals surface area contributed by atoms with Crippen LogP contribution in [-0.2, 0) is 17.8 Å². The molecule has 5 heteroatoms. The van der Waals surface area contributed by atoms with Crippen LogP contribution in [0.1, 0.15) is 24.0 Å². The Morgan fingerprint density at radius 1 is 1.33 bits per heavy atom. The third-order valence-corrected chi connectivity index (χ3v) is 4.77. The molecule has 1 heterocycles. The molecule has 0 atom stereocenters. The lowest BCUT2D eigenvalue weighted by Gasteiger charge is -2.30.